The van der Waals surface area contributed by atoms with Gasteiger partial charge in [0, 0.05) is 29.9 Å². The first-order valence-electron chi connectivity index (χ1n) is 10.1. The van der Waals surface area contributed by atoms with Crippen molar-refractivity contribution in [2.75, 3.05) is 11.9 Å². The molecule has 1 aliphatic heterocycles. The summed E-state index contributed by atoms with van der Waals surface area (Å²) in [5.74, 6) is 0.0268. The van der Waals surface area contributed by atoms with E-state index in [1.165, 1.54) is 0 Å². The van der Waals surface area contributed by atoms with E-state index >= 15 is 0 Å². The standard InChI is InChI=1S/C19H31BN4O5/c1-18(2)19(3,4)29-20(28-18)12-9-21-17(22-10-12)24-14-7-5-13(6-8-14)23-16(27)15(26)11-25/h9-10,13-15,25-26H,5-8,11H2,1-4H3,(H,23,27)(H,21,22,24)/t13?,14?,15-/m0/s1. The van der Waals surface area contributed by atoms with Crippen LogP contribution in [-0.4, -0.2) is 69.2 Å². The SMILES string of the molecule is CC1(C)OB(c2cnc(NC3CCC(NC(=O)[C@@H](O)CO)CC3)nc2)OC1(C)C. The summed E-state index contributed by atoms with van der Waals surface area (Å²) in [5.41, 5.74) is -0.0331. The summed E-state index contributed by atoms with van der Waals surface area (Å²) in [5, 5.41) is 24.3. The minimum atomic E-state index is -1.36. The van der Waals surface area contributed by atoms with E-state index in [-0.39, 0.29) is 12.1 Å². The Morgan fingerprint density at radius 1 is 1.14 bits per heavy atom. The molecule has 9 nitrogen and oxygen atoms in total. The molecule has 0 spiro atoms. The fourth-order valence-corrected chi connectivity index (χ4v) is 3.46. The topological polar surface area (TPSA) is 126 Å². The Labute approximate surface area is 171 Å². The molecule has 0 radical (unpaired) electrons. The number of hydrogen-bond acceptors (Lipinski definition) is 8. The second-order valence-electron chi connectivity index (χ2n) is 8.83. The van der Waals surface area contributed by atoms with Gasteiger partial charge in [-0.25, -0.2) is 9.97 Å². The van der Waals surface area contributed by atoms with Crippen molar-refractivity contribution in [3.8, 4) is 0 Å². The van der Waals surface area contributed by atoms with Crippen LogP contribution in [-0.2, 0) is 14.1 Å². The maximum Gasteiger partial charge on any atom is 0.498 e. The molecule has 160 valence electrons. The third-order valence-electron chi connectivity index (χ3n) is 6.08. The van der Waals surface area contributed by atoms with Crippen molar-refractivity contribution in [1.82, 2.24) is 15.3 Å². The van der Waals surface area contributed by atoms with Crippen LogP contribution in [0.2, 0.25) is 0 Å². The van der Waals surface area contributed by atoms with Crippen molar-refractivity contribution in [1.29, 1.82) is 0 Å². The molecule has 0 bridgehead atoms. The molecule has 2 fully saturated rings. The molecular formula is C19H31BN4O5. The van der Waals surface area contributed by atoms with Crippen molar-refractivity contribution >= 4 is 24.4 Å². The number of nitrogens with zero attached hydrogens (tertiary/aromatic N) is 2. The minimum absolute atomic E-state index is 0.00779. The number of amides is 1. The molecule has 0 unspecified atom stereocenters. The molecule has 1 aromatic rings. The molecule has 0 aromatic carbocycles. The van der Waals surface area contributed by atoms with Crippen LogP contribution in [0.1, 0.15) is 53.4 Å². The van der Waals surface area contributed by atoms with Gasteiger partial charge in [0.05, 0.1) is 17.8 Å². The lowest BCUT2D eigenvalue weighted by atomic mass is 9.81. The molecule has 10 heteroatoms. The number of anilines is 1. The zero-order chi connectivity index (χ0) is 21.2. The van der Waals surface area contributed by atoms with Crippen LogP contribution in [0, 0.1) is 0 Å². The number of aromatic nitrogens is 2. The van der Waals surface area contributed by atoms with Crippen molar-refractivity contribution in [2.24, 2.45) is 0 Å². The molecule has 1 aromatic heterocycles. The number of carbonyl (C=O) groups is 1. The normalized spacial score (nSPS) is 26.8. The van der Waals surface area contributed by atoms with E-state index in [0.717, 1.165) is 31.1 Å². The van der Waals surface area contributed by atoms with Gasteiger partial charge in [-0.2, -0.15) is 0 Å². The van der Waals surface area contributed by atoms with Gasteiger partial charge in [-0.15, -0.1) is 0 Å². The van der Waals surface area contributed by atoms with Crippen molar-refractivity contribution in [2.45, 2.75) is 82.8 Å². The van der Waals surface area contributed by atoms with E-state index in [9.17, 15) is 9.90 Å². The smallest absolute Gasteiger partial charge is 0.399 e. The molecule has 2 heterocycles. The predicted octanol–water partition coefficient (Wildman–Crippen LogP) is -0.0317. The van der Waals surface area contributed by atoms with E-state index in [1.54, 1.807) is 12.4 Å². The average molecular weight is 406 g/mol. The van der Waals surface area contributed by atoms with E-state index in [1.807, 2.05) is 27.7 Å². The number of aliphatic hydroxyl groups is 2. The highest BCUT2D eigenvalue weighted by Gasteiger charge is 2.51. The van der Waals surface area contributed by atoms with Crippen LogP contribution >= 0.6 is 0 Å². The molecular weight excluding hydrogens is 375 g/mol. The quantitative estimate of drug-likeness (QED) is 0.486. The molecule has 1 aliphatic carbocycles. The zero-order valence-corrected chi connectivity index (χ0v) is 17.5. The summed E-state index contributed by atoms with van der Waals surface area (Å²) in [4.78, 5) is 20.5. The molecule has 4 N–H and O–H groups in total. The highest BCUT2D eigenvalue weighted by Crippen LogP contribution is 2.36. The monoisotopic (exact) mass is 406 g/mol. The predicted molar refractivity (Wildman–Crippen MR) is 109 cm³/mol. The van der Waals surface area contributed by atoms with Gasteiger partial charge < -0.3 is 30.2 Å². The highest BCUT2D eigenvalue weighted by molar-refractivity contribution is 6.61. The number of aliphatic hydroxyl groups excluding tert-OH is 2. The van der Waals surface area contributed by atoms with Gasteiger partial charge in [0.25, 0.3) is 5.91 Å². The molecule has 3 rings (SSSR count). The number of carbonyl (C=O) groups excluding carboxylic acids is 1. The van der Waals surface area contributed by atoms with E-state index < -0.39 is 36.9 Å². The van der Waals surface area contributed by atoms with E-state index in [0.29, 0.717) is 5.95 Å². The second-order valence-corrected chi connectivity index (χ2v) is 8.83. The maximum absolute atomic E-state index is 11.7. The molecule has 1 saturated heterocycles. The van der Waals surface area contributed by atoms with Crippen LogP contribution < -0.4 is 16.1 Å². The Morgan fingerprint density at radius 2 is 1.66 bits per heavy atom. The molecule has 29 heavy (non-hydrogen) atoms. The summed E-state index contributed by atoms with van der Waals surface area (Å²) >= 11 is 0. The van der Waals surface area contributed by atoms with Crippen LogP contribution in [0.15, 0.2) is 12.4 Å². The molecule has 1 amide bonds. The summed E-state index contributed by atoms with van der Waals surface area (Å²) in [6.07, 6.45) is 5.35. The van der Waals surface area contributed by atoms with Gasteiger partial charge in [0.1, 0.15) is 0 Å². The molecule has 2 aliphatic rings. The lowest BCUT2D eigenvalue weighted by Gasteiger charge is -2.32. The van der Waals surface area contributed by atoms with E-state index in [4.69, 9.17) is 14.4 Å². The fraction of sp³-hybridized carbons (Fsp3) is 0.737. The molecule has 1 atom stereocenters. The van der Waals surface area contributed by atoms with Crippen LogP contribution in [0.25, 0.3) is 0 Å². The fourth-order valence-electron chi connectivity index (χ4n) is 3.46. The summed E-state index contributed by atoms with van der Waals surface area (Å²) in [7, 11) is -0.484. The van der Waals surface area contributed by atoms with Gasteiger partial charge in [-0.1, -0.05) is 0 Å². The number of rotatable bonds is 6. The third kappa shape index (κ3) is 5.06. The Kier molecular flexibility index (Phi) is 6.47. The minimum Gasteiger partial charge on any atom is -0.399 e. The van der Waals surface area contributed by atoms with E-state index in [2.05, 4.69) is 20.6 Å². The van der Waals surface area contributed by atoms with Crippen LogP contribution in [0.4, 0.5) is 5.95 Å². The van der Waals surface area contributed by atoms with Gasteiger partial charge >= 0.3 is 7.12 Å². The first kappa shape index (κ1) is 22.0. The Hall–Kier alpha value is -1.75. The summed E-state index contributed by atoms with van der Waals surface area (Å²) in [6, 6.07) is 0.224. The van der Waals surface area contributed by atoms with Crippen LogP contribution in [0.5, 0.6) is 0 Å². The Morgan fingerprint density at radius 3 is 2.17 bits per heavy atom. The average Bonchev–Trinajstić information content (AvgIpc) is 2.90. The largest absolute Gasteiger partial charge is 0.498 e. The lowest BCUT2D eigenvalue weighted by Crippen LogP contribution is -2.45. The Balaban J connectivity index is 1.48. The maximum atomic E-state index is 11.7. The number of hydrogen-bond donors (Lipinski definition) is 4. The van der Waals surface area contributed by atoms with Gasteiger partial charge in [0.2, 0.25) is 5.95 Å². The van der Waals surface area contributed by atoms with Gasteiger partial charge in [0.15, 0.2) is 6.10 Å². The van der Waals surface area contributed by atoms with Crippen molar-refractivity contribution < 1.29 is 24.3 Å². The second kappa shape index (κ2) is 8.55. The van der Waals surface area contributed by atoms with Crippen molar-refractivity contribution in [3.63, 3.8) is 0 Å². The number of nitrogens with one attached hydrogen (secondary N) is 2. The summed E-state index contributed by atoms with van der Waals surface area (Å²) in [6.45, 7) is 7.46. The van der Waals surface area contributed by atoms with Crippen molar-refractivity contribution in [3.05, 3.63) is 12.4 Å². The van der Waals surface area contributed by atoms with Gasteiger partial charge in [-0.3, -0.25) is 4.79 Å². The first-order chi connectivity index (χ1) is 13.6. The third-order valence-corrected chi connectivity index (χ3v) is 6.08. The lowest BCUT2D eigenvalue weighted by molar-refractivity contribution is -0.132. The zero-order valence-electron chi connectivity index (χ0n) is 17.5. The van der Waals surface area contributed by atoms with Gasteiger partial charge in [-0.05, 0) is 53.4 Å². The highest BCUT2D eigenvalue weighted by atomic mass is 16.7. The van der Waals surface area contributed by atoms with Crippen LogP contribution in [0.3, 0.4) is 0 Å². The Bertz CT molecular complexity index is 691. The molecule has 1 saturated carbocycles. The summed E-state index contributed by atoms with van der Waals surface area (Å²) < 4.78 is 12.0. The first-order valence-corrected chi connectivity index (χ1v) is 10.1.